The van der Waals surface area contributed by atoms with Crippen LogP contribution < -0.4 is 11.1 Å². The normalized spacial score (nSPS) is 25.1. The minimum absolute atomic E-state index is 0.184. The molecule has 3 N–H and O–H groups in total. The smallest absolute Gasteiger partial charge is 0.192 e. The third-order valence-electron chi connectivity index (χ3n) is 3.23. The van der Waals surface area contributed by atoms with E-state index in [0.717, 1.165) is 39.0 Å². The lowest BCUT2D eigenvalue weighted by molar-refractivity contribution is 0.162. The molecule has 1 fully saturated rings. The van der Waals surface area contributed by atoms with Crippen molar-refractivity contribution in [1.29, 1.82) is 0 Å². The number of rotatable bonds is 2. The Labute approximate surface area is 84.9 Å². The maximum Gasteiger partial charge on any atom is 0.192 e. The molecular formula is C10H18N4. The summed E-state index contributed by atoms with van der Waals surface area (Å²) in [6.07, 6.45) is 4.16. The molecule has 0 unspecified atom stereocenters. The summed E-state index contributed by atoms with van der Waals surface area (Å²) in [5.74, 6) is 0.687. The van der Waals surface area contributed by atoms with Crippen molar-refractivity contribution >= 4 is 5.96 Å². The van der Waals surface area contributed by atoms with Crippen LogP contribution in [0.1, 0.15) is 12.8 Å². The molecule has 0 aromatic carbocycles. The van der Waals surface area contributed by atoms with Gasteiger partial charge in [0.25, 0.3) is 0 Å². The first-order chi connectivity index (χ1) is 6.78. The number of aliphatic imine (C=N–C) groups is 1. The first-order valence-electron chi connectivity index (χ1n) is 5.18. The van der Waals surface area contributed by atoms with Gasteiger partial charge < -0.3 is 16.0 Å². The van der Waals surface area contributed by atoms with Crippen molar-refractivity contribution < 1.29 is 0 Å². The number of hydrogen-bond donors (Lipinski definition) is 2. The molecular weight excluding hydrogens is 176 g/mol. The molecule has 0 bridgehead atoms. The van der Waals surface area contributed by atoms with E-state index >= 15 is 0 Å². The molecule has 0 aromatic heterocycles. The van der Waals surface area contributed by atoms with Crippen LogP contribution in [-0.4, -0.2) is 42.6 Å². The first-order valence-corrected chi connectivity index (χ1v) is 5.18. The Bertz CT molecular complexity index is 253. The second-order valence-corrected chi connectivity index (χ2v) is 4.05. The summed E-state index contributed by atoms with van der Waals surface area (Å²) in [7, 11) is 0. The molecule has 1 saturated heterocycles. The van der Waals surface area contributed by atoms with Crippen molar-refractivity contribution in [3.05, 3.63) is 12.7 Å². The predicted molar refractivity (Wildman–Crippen MR) is 58.2 cm³/mol. The summed E-state index contributed by atoms with van der Waals surface area (Å²) in [5.41, 5.74) is 6.06. The second-order valence-electron chi connectivity index (χ2n) is 4.05. The minimum atomic E-state index is 0.184. The lowest BCUT2D eigenvalue weighted by Crippen LogP contribution is -2.56. The molecule has 2 aliphatic rings. The van der Waals surface area contributed by atoms with E-state index in [1.54, 1.807) is 0 Å². The fourth-order valence-electron chi connectivity index (χ4n) is 2.38. The summed E-state index contributed by atoms with van der Waals surface area (Å²) < 4.78 is 0. The van der Waals surface area contributed by atoms with Crippen LogP contribution in [0.3, 0.4) is 0 Å². The SMILES string of the molecule is C=CCN1C(N)=NCC12CCNCC2. The van der Waals surface area contributed by atoms with Gasteiger partial charge in [0.2, 0.25) is 0 Å². The van der Waals surface area contributed by atoms with Crippen LogP contribution in [0.15, 0.2) is 17.6 Å². The summed E-state index contributed by atoms with van der Waals surface area (Å²) >= 11 is 0. The molecule has 2 rings (SSSR count). The predicted octanol–water partition coefficient (Wildman–Crippen LogP) is -0.0751. The lowest BCUT2D eigenvalue weighted by Gasteiger charge is -2.41. The highest BCUT2D eigenvalue weighted by Gasteiger charge is 2.42. The number of guanidine groups is 1. The zero-order valence-electron chi connectivity index (χ0n) is 8.50. The van der Waals surface area contributed by atoms with Crippen LogP contribution in [-0.2, 0) is 0 Å². The Morgan fingerprint density at radius 3 is 2.93 bits per heavy atom. The zero-order valence-corrected chi connectivity index (χ0v) is 8.50. The lowest BCUT2D eigenvalue weighted by atomic mass is 9.87. The average Bonchev–Trinajstić information content (AvgIpc) is 2.49. The van der Waals surface area contributed by atoms with Crippen molar-refractivity contribution in [3.63, 3.8) is 0 Å². The van der Waals surface area contributed by atoms with E-state index in [2.05, 4.69) is 21.8 Å². The van der Waals surface area contributed by atoms with E-state index in [0.29, 0.717) is 5.96 Å². The molecule has 0 saturated carbocycles. The van der Waals surface area contributed by atoms with Gasteiger partial charge in [-0.25, -0.2) is 0 Å². The molecule has 0 aromatic rings. The van der Waals surface area contributed by atoms with Gasteiger partial charge in [-0.1, -0.05) is 6.08 Å². The number of nitrogens with one attached hydrogen (secondary N) is 1. The Balaban J connectivity index is 2.14. The zero-order chi connectivity index (χ0) is 10.0. The maximum absolute atomic E-state index is 5.88. The van der Waals surface area contributed by atoms with Gasteiger partial charge in [0.15, 0.2) is 5.96 Å². The fourth-order valence-corrected chi connectivity index (χ4v) is 2.38. The van der Waals surface area contributed by atoms with E-state index < -0.39 is 0 Å². The summed E-state index contributed by atoms with van der Waals surface area (Å²) in [6.45, 7) is 7.57. The Morgan fingerprint density at radius 2 is 2.29 bits per heavy atom. The van der Waals surface area contributed by atoms with Crippen LogP contribution in [0.25, 0.3) is 0 Å². The Kier molecular flexibility index (Phi) is 2.46. The minimum Gasteiger partial charge on any atom is -0.370 e. The molecule has 0 amide bonds. The summed E-state index contributed by atoms with van der Waals surface area (Å²) in [5, 5.41) is 3.37. The van der Waals surface area contributed by atoms with Crippen LogP contribution in [0.2, 0.25) is 0 Å². The molecule has 4 heteroatoms. The third-order valence-corrected chi connectivity index (χ3v) is 3.23. The summed E-state index contributed by atoms with van der Waals surface area (Å²) in [6, 6.07) is 0. The maximum atomic E-state index is 5.88. The highest BCUT2D eigenvalue weighted by Crippen LogP contribution is 2.30. The van der Waals surface area contributed by atoms with Gasteiger partial charge in [-0.2, -0.15) is 0 Å². The van der Waals surface area contributed by atoms with E-state index in [-0.39, 0.29) is 5.54 Å². The molecule has 14 heavy (non-hydrogen) atoms. The van der Waals surface area contributed by atoms with Crippen molar-refractivity contribution in [1.82, 2.24) is 10.2 Å². The van der Waals surface area contributed by atoms with Crippen molar-refractivity contribution in [2.45, 2.75) is 18.4 Å². The van der Waals surface area contributed by atoms with Gasteiger partial charge in [0.1, 0.15) is 0 Å². The quantitative estimate of drug-likeness (QED) is 0.605. The molecule has 1 spiro atoms. The first kappa shape index (κ1) is 9.52. The van der Waals surface area contributed by atoms with E-state index in [9.17, 15) is 0 Å². The number of nitrogens with two attached hydrogens (primary N) is 1. The molecule has 4 nitrogen and oxygen atoms in total. The molecule has 0 aliphatic carbocycles. The van der Waals surface area contributed by atoms with Crippen LogP contribution in [0.4, 0.5) is 0 Å². The van der Waals surface area contributed by atoms with Gasteiger partial charge in [-0.3, -0.25) is 4.99 Å². The van der Waals surface area contributed by atoms with Gasteiger partial charge in [0, 0.05) is 6.54 Å². The molecule has 0 radical (unpaired) electrons. The number of nitrogens with zero attached hydrogens (tertiary/aromatic N) is 2. The highest BCUT2D eigenvalue weighted by atomic mass is 15.4. The topological polar surface area (TPSA) is 53.6 Å². The van der Waals surface area contributed by atoms with Gasteiger partial charge in [-0.05, 0) is 25.9 Å². The van der Waals surface area contributed by atoms with Crippen molar-refractivity contribution in [2.24, 2.45) is 10.7 Å². The second kappa shape index (κ2) is 3.61. The van der Waals surface area contributed by atoms with E-state index in [1.165, 1.54) is 0 Å². The van der Waals surface area contributed by atoms with Crippen molar-refractivity contribution in [3.8, 4) is 0 Å². The van der Waals surface area contributed by atoms with Crippen LogP contribution >= 0.6 is 0 Å². The highest BCUT2D eigenvalue weighted by molar-refractivity contribution is 5.81. The van der Waals surface area contributed by atoms with E-state index in [1.807, 2.05) is 6.08 Å². The molecule has 0 atom stereocenters. The number of hydrogen-bond acceptors (Lipinski definition) is 4. The largest absolute Gasteiger partial charge is 0.370 e. The molecule has 2 heterocycles. The fraction of sp³-hybridized carbons (Fsp3) is 0.700. The third kappa shape index (κ3) is 1.39. The average molecular weight is 194 g/mol. The van der Waals surface area contributed by atoms with Gasteiger partial charge >= 0.3 is 0 Å². The number of piperidine rings is 1. The van der Waals surface area contributed by atoms with Crippen LogP contribution in [0, 0.1) is 0 Å². The molecule has 2 aliphatic heterocycles. The Morgan fingerprint density at radius 1 is 1.57 bits per heavy atom. The monoisotopic (exact) mass is 194 g/mol. The standard InChI is InChI=1S/C10H18N4/c1-2-7-14-9(11)13-8-10(14)3-5-12-6-4-10/h2,12H,1,3-8H2,(H2,11,13). The van der Waals surface area contributed by atoms with Crippen molar-refractivity contribution in [2.75, 3.05) is 26.2 Å². The van der Waals surface area contributed by atoms with Gasteiger partial charge in [0.05, 0.1) is 12.1 Å². The van der Waals surface area contributed by atoms with Crippen LogP contribution in [0.5, 0.6) is 0 Å². The Hall–Kier alpha value is -1.03. The summed E-state index contributed by atoms with van der Waals surface area (Å²) in [4.78, 5) is 6.57. The van der Waals surface area contributed by atoms with E-state index in [4.69, 9.17) is 5.73 Å². The molecule has 78 valence electrons. The van der Waals surface area contributed by atoms with Gasteiger partial charge in [-0.15, -0.1) is 6.58 Å².